The van der Waals surface area contributed by atoms with Crippen LogP contribution in [-0.4, -0.2) is 38.0 Å². The van der Waals surface area contributed by atoms with Crippen LogP contribution in [0.5, 0.6) is 0 Å². The Balaban J connectivity index is 2.27. The van der Waals surface area contributed by atoms with Crippen LogP contribution in [0.2, 0.25) is 0 Å². The molecule has 1 aromatic rings. The quantitative estimate of drug-likeness (QED) is 0.786. The fraction of sp³-hybridized carbons (Fsp3) is 0.615. The normalized spacial score (nSPS) is 18.4. The fourth-order valence-electron chi connectivity index (χ4n) is 2.39. The van der Waals surface area contributed by atoms with Gasteiger partial charge in [0.2, 0.25) is 0 Å². The van der Waals surface area contributed by atoms with Gasteiger partial charge in [0, 0.05) is 19.7 Å². The Labute approximate surface area is 127 Å². The molecular formula is C13H21N3O2S2. The summed E-state index contributed by atoms with van der Waals surface area (Å²) in [7, 11) is 0. The first kappa shape index (κ1) is 15.5. The molecule has 1 aliphatic rings. The molecule has 0 bridgehead atoms. The van der Waals surface area contributed by atoms with Gasteiger partial charge in [-0.2, -0.15) is 0 Å². The van der Waals surface area contributed by atoms with E-state index in [2.05, 4.69) is 11.8 Å². The third-order valence-electron chi connectivity index (χ3n) is 3.43. The topological polar surface area (TPSA) is 81.6 Å². The second-order valence-corrected chi connectivity index (χ2v) is 6.54. The molecule has 2 heterocycles. The summed E-state index contributed by atoms with van der Waals surface area (Å²) in [5.74, 6) is -0.456. The van der Waals surface area contributed by atoms with Crippen molar-refractivity contribution in [1.82, 2.24) is 0 Å². The van der Waals surface area contributed by atoms with Crippen LogP contribution in [0.1, 0.15) is 29.4 Å². The van der Waals surface area contributed by atoms with Gasteiger partial charge in [0.25, 0.3) is 5.91 Å². The minimum absolute atomic E-state index is 0.269. The molecule has 0 aliphatic carbocycles. The van der Waals surface area contributed by atoms with Gasteiger partial charge in [-0.25, -0.2) is 0 Å². The van der Waals surface area contributed by atoms with Gasteiger partial charge in [-0.3, -0.25) is 4.79 Å². The van der Waals surface area contributed by atoms with Crippen LogP contribution >= 0.6 is 23.1 Å². The zero-order chi connectivity index (χ0) is 14.7. The highest BCUT2D eigenvalue weighted by Crippen LogP contribution is 2.43. The van der Waals surface area contributed by atoms with Gasteiger partial charge < -0.3 is 21.1 Å². The van der Waals surface area contributed by atoms with Gasteiger partial charge in [0.05, 0.1) is 16.7 Å². The SMILES string of the molecule is CCN(CC1CCCO1)c1sc(C(N)=O)c(N)c1SC. The monoisotopic (exact) mass is 315 g/mol. The van der Waals surface area contributed by atoms with Crippen molar-refractivity contribution >= 4 is 39.7 Å². The number of nitrogen functional groups attached to an aromatic ring is 1. The number of carbonyl (C=O) groups excluding carboxylic acids is 1. The standard InChI is InChI=1S/C13H21N3O2S2/c1-3-16(7-8-5-4-6-18-8)13-11(19-2)9(14)10(20-13)12(15)17/h8H,3-7,14H2,1-2H3,(H2,15,17). The summed E-state index contributed by atoms with van der Waals surface area (Å²) in [4.78, 5) is 15.1. The lowest BCUT2D eigenvalue weighted by molar-refractivity contribution is 0.100. The molecule has 1 amide bonds. The number of primary amides is 1. The van der Waals surface area contributed by atoms with Crippen LogP contribution in [-0.2, 0) is 4.74 Å². The molecule has 20 heavy (non-hydrogen) atoms. The number of amides is 1. The summed E-state index contributed by atoms with van der Waals surface area (Å²) in [5.41, 5.74) is 12.0. The van der Waals surface area contributed by atoms with Gasteiger partial charge in [0.1, 0.15) is 9.88 Å². The Hall–Kier alpha value is -0.920. The number of rotatable bonds is 6. The van der Waals surface area contributed by atoms with Crippen LogP contribution < -0.4 is 16.4 Å². The number of nitrogens with two attached hydrogens (primary N) is 2. The average Bonchev–Trinajstić information content (AvgIpc) is 3.03. The highest BCUT2D eigenvalue weighted by atomic mass is 32.2. The van der Waals surface area contributed by atoms with E-state index in [-0.39, 0.29) is 6.10 Å². The molecule has 1 unspecified atom stereocenters. The smallest absolute Gasteiger partial charge is 0.261 e. The minimum atomic E-state index is -0.456. The zero-order valence-corrected chi connectivity index (χ0v) is 13.5. The Morgan fingerprint density at radius 2 is 2.35 bits per heavy atom. The number of carbonyl (C=O) groups is 1. The lowest BCUT2D eigenvalue weighted by Crippen LogP contribution is -2.31. The molecule has 1 saturated heterocycles. The molecule has 112 valence electrons. The lowest BCUT2D eigenvalue weighted by Gasteiger charge is -2.25. The molecule has 0 saturated carbocycles. The summed E-state index contributed by atoms with van der Waals surface area (Å²) in [6, 6.07) is 0. The number of thiophene rings is 1. The average molecular weight is 315 g/mol. The number of thioether (sulfide) groups is 1. The second kappa shape index (κ2) is 6.69. The van der Waals surface area contributed by atoms with Crippen LogP contribution in [0.3, 0.4) is 0 Å². The third-order valence-corrected chi connectivity index (χ3v) is 5.66. The van der Waals surface area contributed by atoms with Crippen molar-refractivity contribution in [1.29, 1.82) is 0 Å². The summed E-state index contributed by atoms with van der Waals surface area (Å²) >= 11 is 2.94. The molecule has 1 aliphatic heterocycles. The maximum atomic E-state index is 11.5. The third kappa shape index (κ3) is 3.05. The van der Waals surface area contributed by atoms with Crippen LogP contribution in [0.25, 0.3) is 0 Å². The predicted octanol–water partition coefficient (Wildman–Crippen LogP) is 2.16. The van der Waals surface area contributed by atoms with Gasteiger partial charge in [-0.15, -0.1) is 23.1 Å². The molecule has 1 fully saturated rings. The van der Waals surface area contributed by atoms with E-state index in [9.17, 15) is 4.79 Å². The van der Waals surface area contributed by atoms with Gasteiger partial charge in [-0.05, 0) is 26.0 Å². The maximum Gasteiger partial charge on any atom is 0.261 e. The molecule has 4 N–H and O–H groups in total. The molecule has 0 radical (unpaired) electrons. The number of anilines is 2. The largest absolute Gasteiger partial charge is 0.396 e. The van der Waals surface area contributed by atoms with Crippen molar-refractivity contribution in [3.05, 3.63) is 4.88 Å². The maximum absolute atomic E-state index is 11.5. The zero-order valence-electron chi connectivity index (χ0n) is 11.8. The van der Waals surface area contributed by atoms with Crippen molar-refractivity contribution in [2.45, 2.75) is 30.8 Å². The van der Waals surface area contributed by atoms with Gasteiger partial charge in [-0.1, -0.05) is 0 Å². The molecule has 5 nitrogen and oxygen atoms in total. The van der Waals surface area contributed by atoms with E-state index in [0.717, 1.165) is 42.4 Å². The van der Waals surface area contributed by atoms with Crippen molar-refractivity contribution in [3.8, 4) is 0 Å². The first-order chi connectivity index (χ1) is 9.58. The van der Waals surface area contributed by atoms with Crippen molar-refractivity contribution in [2.75, 3.05) is 36.6 Å². The molecule has 0 aromatic carbocycles. The van der Waals surface area contributed by atoms with Crippen molar-refractivity contribution in [2.24, 2.45) is 5.73 Å². The van der Waals surface area contributed by atoms with Gasteiger partial charge in [0.15, 0.2) is 0 Å². The Bertz CT molecular complexity index is 484. The first-order valence-electron chi connectivity index (χ1n) is 6.71. The Morgan fingerprint density at radius 1 is 1.60 bits per heavy atom. The summed E-state index contributed by atoms with van der Waals surface area (Å²) in [6.45, 7) is 4.63. The van der Waals surface area contributed by atoms with E-state index >= 15 is 0 Å². The van der Waals surface area contributed by atoms with Crippen LogP contribution in [0, 0.1) is 0 Å². The molecule has 2 rings (SSSR count). The second-order valence-electron chi connectivity index (χ2n) is 4.72. The van der Waals surface area contributed by atoms with Crippen molar-refractivity contribution in [3.63, 3.8) is 0 Å². The molecule has 1 atom stereocenters. The molecule has 7 heteroatoms. The summed E-state index contributed by atoms with van der Waals surface area (Å²) in [6.07, 6.45) is 4.45. The number of hydrogen-bond donors (Lipinski definition) is 2. The van der Waals surface area contributed by atoms with E-state index in [1.54, 1.807) is 11.8 Å². The van der Waals surface area contributed by atoms with E-state index in [0.29, 0.717) is 10.6 Å². The minimum Gasteiger partial charge on any atom is -0.396 e. The number of hydrogen-bond acceptors (Lipinski definition) is 6. The number of likely N-dealkylation sites (N-methyl/N-ethyl adjacent to an activating group) is 1. The fourth-order valence-corrected chi connectivity index (χ4v) is 4.50. The Morgan fingerprint density at radius 3 is 2.85 bits per heavy atom. The Kier molecular flexibility index (Phi) is 5.17. The number of nitrogens with zero attached hydrogens (tertiary/aromatic N) is 1. The van der Waals surface area contributed by atoms with Crippen LogP contribution in [0.4, 0.5) is 10.7 Å². The van der Waals surface area contributed by atoms with E-state index in [1.807, 2.05) is 6.26 Å². The van der Waals surface area contributed by atoms with Crippen molar-refractivity contribution < 1.29 is 9.53 Å². The van der Waals surface area contributed by atoms with Crippen LogP contribution in [0.15, 0.2) is 4.90 Å². The predicted molar refractivity (Wildman–Crippen MR) is 85.9 cm³/mol. The van der Waals surface area contributed by atoms with E-state index < -0.39 is 5.91 Å². The first-order valence-corrected chi connectivity index (χ1v) is 8.75. The highest BCUT2D eigenvalue weighted by Gasteiger charge is 2.25. The molecule has 1 aromatic heterocycles. The highest BCUT2D eigenvalue weighted by molar-refractivity contribution is 7.99. The summed E-state index contributed by atoms with van der Waals surface area (Å²) < 4.78 is 5.70. The number of ether oxygens (including phenoxy) is 1. The lowest BCUT2D eigenvalue weighted by atomic mass is 10.2. The molecule has 0 spiro atoms. The summed E-state index contributed by atoms with van der Waals surface area (Å²) in [5, 5.41) is 1.03. The molecular weight excluding hydrogens is 294 g/mol. The van der Waals surface area contributed by atoms with E-state index in [1.165, 1.54) is 11.3 Å². The van der Waals surface area contributed by atoms with Gasteiger partial charge >= 0.3 is 0 Å². The van der Waals surface area contributed by atoms with E-state index in [4.69, 9.17) is 16.2 Å².